The molecule has 0 atom stereocenters. The van der Waals surface area contributed by atoms with Crippen LogP contribution >= 0.6 is 11.6 Å². The van der Waals surface area contributed by atoms with E-state index < -0.39 is 0 Å². The fourth-order valence-corrected chi connectivity index (χ4v) is 2.73. The van der Waals surface area contributed by atoms with Crippen molar-refractivity contribution >= 4 is 28.4 Å². The Hall–Kier alpha value is -2.73. The summed E-state index contributed by atoms with van der Waals surface area (Å²) in [6.45, 7) is 0.596. The minimum absolute atomic E-state index is 0.0956. The average molecular weight is 357 g/mol. The first-order valence-corrected chi connectivity index (χ1v) is 8.24. The maximum Gasteiger partial charge on any atom is 0.277 e. The molecule has 0 saturated heterocycles. The summed E-state index contributed by atoms with van der Waals surface area (Å²) in [4.78, 5) is 26.3. The molecule has 0 spiro atoms. The van der Waals surface area contributed by atoms with Crippen molar-refractivity contribution in [1.29, 1.82) is 0 Å². The molecule has 1 aromatic heterocycles. The van der Waals surface area contributed by atoms with Gasteiger partial charge in [0.1, 0.15) is 5.52 Å². The van der Waals surface area contributed by atoms with Gasteiger partial charge in [0.25, 0.3) is 5.56 Å². The van der Waals surface area contributed by atoms with Crippen LogP contribution in [0, 0.1) is 0 Å². The maximum absolute atomic E-state index is 12.4. The van der Waals surface area contributed by atoms with E-state index in [1.54, 1.807) is 42.3 Å². The molecular formula is C18H17ClN4O2. The highest BCUT2D eigenvalue weighted by Gasteiger charge is 2.12. The van der Waals surface area contributed by atoms with Gasteiger partial charge < -0.3 is 4.90 Å². The van der Waals surface area contributed by atoms with Gasteiger partial charge >= 0.3 is 0 Å². The number of halogens is 1. The zero-order valence-electron chi connectivity index (χ0n) is 13.7. The van der Waals surface area contributed by atoms with Crippen LogP contribution in [-0.2, 0) is 17.9 Å². The molecule has 3 rings (SSSR count). The molecule has 0 radical (unpaired) electrons. The van der Waals surface area contributed by atoms with Crippen LogP contribution in [0.15, 0.2) is 53.3 Å². The number of hydrogen-bond donors (Lipinski definition) is 0. The zero-order chi connectivity index (χ0) is 17.8. The first-order valence-electron chi connectivity index (χ1n) is 7.86. The van der Waals surface area contributed by atoms with E-state index in [-0.39, 0.29) is 24.4 Å². The summed E-state index contributed by atoms with van der Waals surface area (Å²) < 4.78 is 1.23. The van der Waals surface area contributed by atoms with Crippen molar-refractivity contribution in [3.05, 3.63) is 69.5 Å². The summed E-state index contributed by atoms with van der Waals surface area (Å²) in [6, 6.07) is 14.4. The van der Waals surface area contributed by atoms with Gasteiger partial charge in [-0.3, -0.25) is 9.59 Å². The summed E-state index contributed by atoms with van der Waals surface area (Å²) in [6.07, 6.45) is 0.161. The lowest BCUT2D eigenvalue weighted by atomic mass is 10.2. The minimum atomic E-state index is -0.243. The molecule has 1 heterocycles. The van der Waals surface area contributed by atoms with Crippen molar-refractivity contribution in [2.75, 3.05) is 7.05 Å². The van der Waals surface area contributed by atoms with Crippen LogP contribution in [0.25, 0.3) is 10.9 Å². The smallest absolute Gasteiger partial charge is 0.277 e. The quantitative estimate of drug-likeness (QED) is 0.704. The molecule has 0 aliphatic carbocycles. The highest BCUT2D eigenvalue weighted by molar-refractivity contribution is 6.31. The van der Waals surface area contributed by atoms with Gasteiger partial charge in [-0.1, -0.05) is 47.1 Å². The fraction of sp³-hybridized carbons (Fsp3) is 0.222. The van der Waals surface area contributed by atoms with Crippen LogP contribution in [-0.4, -0.2) is 32.8 Å². The molecule has 0 saturated carbocycles. The molecular weight excluding hydrogens is 340 g/mol. The van der Waals surface area contributed by atoms with Gasteiger partial charge in [0.2, 0.25) is 5.91 Å². The maximum atomic E-state index is 12.4. The number of hydrogen-bond acceptors (Lipinski definition) is 4. The first-order chi connectivity index (χ1) is 12.1. The average Bonchev–Trinajstić information content (AvgIpc) is 2.63. The molecule has 1 amide bonds. The number of aryl methyl sites for hydroxylation is 1. The lowest BCUT2D eigenvalue weighted by Gasteiger charge is -2.18. The molecule has 25 heavy (non-hydrogen) atoms. The van der Waals surface area contributed by atoms with Crippen molar-refractivity contribution in [2.24, 2.45) is 0 Å². The summed E-state index contributed by atoms with van der Waals surface area (Å²) in [5.74, 6) is -0.0956. The largest absolute Gasteiger partial charge is 0.341 e. The lowest BCUT2D eigenvalue weighted by Crippen LogP contribution is -2.30. The highest BCUT2D eigenvalue weighted by Crippen LogP contribution is 2.16. The molecule has 0 aliphatic heterocycles. The summed E-state index contributed by atoms with van der Waals surface area (Å²) in [5.41, 5.74) is 1.18. The van der Waals surface area contributed by atoms with Gasteiger partial charge in [0.15, 0.2) is 0 Å². The minimum Gasteiger partial charge on any atom is -0.341 e. The molecule has 3 aromatic rings. The molecule has 128 valence electrons. The molecule has 0 N–H and O–H groups in total. The lowest BCUT2D eigenvalue weighted by molar-refractivity contribution is -0.130. The Morgan fingerprint density at radius 2 is 1.88 bits per heavy atom. The number of benzene rings is 2. The Balaban J connectivity index is 1.67. The Bertz CT molecular complexity index is 970. The van der Waals surface area contributed by atoms with Crippen molar-refractivity contribution in [1.82, 2.24) is 19.9 Å². The van der Waals surface area contributed by atoms with Gasteiger partial charge in [0, 0.05) is 25.0 Å². The van der Waals surface area contributed by atoms with Gasteiger partial charge in [-0.15, -0.1) is 5.10 Å². The number of carbonyl (C=O) groups is 1. The third kappa shape index (κ3) is 3.85. The standard InChI is InChI=1S/C18H17ClN4O2/c1-22(12-13-6-2-4-8-15(13)19)17(24)10-11-23-18(25)14-7-3-5-9-16(14)20-21-23/h2-9H,10-12H2,1H3. The van der Waals surface area contributed by atoms with Crippen LogP contribution in [0.1, 0.15) is 12.0 Å². The molecule has 6 nitrogen and oxygen atoms in total. The van der Waals surface area contributed by atoms with Crippen LogP contribution in [0.3, 0.4) is 0 Å². The molecule has 7 heteroatoms. The summed E-state index contributed by atoms with van der Waals surface area (Å²) in [7, 11) is 1.71. The van der Waals surface area contributed by atoms with Crippen LogP contribution < -0.4 is 5.56 Å². The summed E-state index contributed by atoms with van der Waals surface area (Å²) >= 11 is 6.12. The van der Waals surface area contributed by atoms with Crippen LogP contribution in [0.5, 0.6) is 0 Å². The van der Waals surface area contributed by atoms with Gasteiger partial charge in [-0.2, -0.15) is 0 Å². The van der Waals surface area contributed by atoms with E-state index in [0.717, 1.165) is 5.56 Å². The van der Waals surface area contributed by atoms with Gasteiger partial charge in [-0.25, -0.2) is 4.68 Å². The third-order valence-corrected chi connectivity index (χ3v) is 4.33. The fourth-order valence-electron chi connectivity index (χ4n) is 2.53. The molecule has 0 fully saturated rings. The highest BCUT2D eigenvalue weighted by atomic mass is 35.5. The normalized spacial score (nSPS) is 10.8. The van der Waals surface area contributed by atoms with Gasteiger partial charge in [0.05, 0.1) is 11.9 Å². The number of carbonyl (C=O) groups excluding carboxylic acids is 1. The number of nitrogens with zero attached hydrogens (tertiary/aromatic N) is 4. The van der Waals surface area contributed by atoms with E-state index in [4.69, 9.17) is 11.6 Å². The third-order valence-electron chi connectivity index (χ3n) is 3.96. The number of fused-ring (bicyclic) bond motifs is 1. The molecule has 0 unspecified atom stereocenters. The Morgan fingerprint density at radius 1 is 1.16 bits per heavy atom. The second-order valence-corrected chi connectivity index (χ2v) is 6.13. The van der Waals surface area contributed by atoms with E-state index in [0.29, 0.717) is 22.5 Å². The van der Waals surface area contributed by atoms with Crippen molar-refractivity contribution in [3.63, 3.8) is 0 Å². The van der Waals surface area contributed by atoms with E-state index in [9.17, 15) is 9.59 Å². The predicted octanol–water partition coefficient (Wildman–Crippen LogP) is 2.49. The van der Waals surface area contributed by atoms with Crippen molar-refractivity contribution in [2.45, 2.75) is 19.5 Å². The van der Waals surface area contributed by atoms with E-state index in [1.165, 1.54) is 4.68 Å². The van der Waals surface area contributed by atoms with E-state index in [1.807, 2.05) is 18.2 Å². The molecule has 0 bridgehead atoms. The molecule has 2 aromatic carbocycles. The Morgan fingerprint density at radius 3 is 2.68 bits per heavy atom. The Kier molecular flexibility index (Phi) is 5.09. The van der Waals surface area contributed by atoms with E-state index >= 15 is 0 Å². The first kappa shape index (κ1) is 17.1. The zero-order valence-corrected chi connectivity index (χ0v) is 14.5. The summed E-state index contributed by atoms with van der Waals surface area (Å²) in [5, 5.41) is 9.03. The second-order valence-electron chi connectivity index (χ2n) is 5.73. The van der Waals surface area contributed by atoms with Crippen LogP contribution in [0.4, 0.5) is 0 Å². The monoisotopic (exact) mass is 356 g/mol. The number of rotatable bonds is 5. The van der Waals surface area contributed by atoms with Gasteiger partial charge in [-0.05, 0) is 23.8 Å². The topological polar surface area (TPSA) is 68.1 Å². The second kappa shape index (κ2) is 7.44. The van der Waals surface area contributed by atoms with Crippen molar-refractivity contribution in [3.8, 4) is 0 Å². The van der Waals surface area contributed by atoms with Crippen LogP contribution in [0.2, 0.25) is 5.02 Å². The Labute approximate surface area is 149 Å². The molecule has 0 aliphatic rings. The number of aromatic nitrogens is 3. The predicted molar refractivity (Wildman–Crippen MR) is 96.3 cm³/mol. The SMILES string of the molecule is CN(Cc1ccccc1Cl)C(=O)CCn1nnc2ccccc2c1=O. The van der Waals surface area contributed by atoms with E-state index in [2.05, 4.69) is 10.3 Å². The van der Waals surface area contributed by atoms with Crippen molar-refractivity contribution < 1.29 is 4.79 Å². The number of amides is 1.